The summed E-state index contributed by atoms with van der Waals surface area (Å²) in [6.07, 6.45) is 2.12. The van der Waals surface area contributed by atoms with Gasteiger partial charge in [0.05, 0.1) is 12.1 Å². The Hall–Kier alpha value is -2.20. The lowest BCUT2D eigenvalue weighted by atomic mass is 9.98. The van der Waals surface area contributed by atoms with Crippen LogP contribution in [0.5, 0.6) is 11.5 Å². The van der Waals surface area contributed by atoms with Crippen LogP contribution in [0.3, 0.4) is 0 Å². The molecule has 0 radical (unpaired) electrons. The topological polar surface area (TPSA) is 38.8 Å². The first kappa shape index (κ1) is 18.6. The third-order valence-corrected chi connectivity index (χ3v) is 5.14. The Balaban J connectivity index is 1.71. The molecule has 1 amide bonds. The second-order valence-electron chi connectivity index (χ2n) is 6.72. The van der Waals surface area contributed by atoms with Crippen molar-refractivity contribution in [3.63, 3.8) is 0 Å². The van der Waals surface area contributed by atoms with Crippen molar-refractivity contribution in [1.29, 1.82) is 0 Å². The molecule has 0 aromatic heterocycles. The summed E-state index contributed by atoms with van der Waals surface area (Å²) in [5.74, 6) is 2.03. The normalized spacial score (nSPS) is 15.0. The van der Waals surface area contributed by atoms with Gasteiger partial charge in [-0.3, -0.25) is 4.79 Å². The van der Waals surface area contributed by atoms with Crippen molar-refractivity contribution >= 4 is 17.5 Å². The first-order chi connectivity index (χ1) is 12.6. The van der Waals surface area contributed by atoms with E-state index in [2.05, 4.69) is 6.92 Å². The number of carbonyl (C=O) groups excluding carboxylic acids is 1. The largest absolute Gasteiger partial charge is 0.496 e. The Morgan fingerprint density at radius 2 is 1.88 bits per heavy atom. The van der Waals surface area contributed by atoms with Gasteiger partial charge in [0.15, 0.2) is 0 Å². The SMILES string of the molecule is COc1cc(C(=O)N2CCC(C)CC2)ccc1COc1ccccc1Cl. The molecule has 0 atom stereocenters. The Labute approximate surface area is 159 Å². The highest BCUT2D eigenvalue weighted by Gasteiger charge is 2.22. The number of ether oxygens (including phenoxy) is 2. The molecule has 1 aliphatic heterocycles. The highest BCUT2D eigenvalue weighted by atomic mass is 35.5. The summed E-state index contributed by atoms with van der Waals surface area (Å²) in [7, 11) is 1.60. The average molecular weight is 374 g/mol. The van der Waals surface area contributed by atoms with Gasteiger partial charge in [-0.1, -0.05) is 36.7 Å². The Morgan fingerprint density at radius 1 is 1.15 bits per heavy atom. The molecule has 4 nitrogen and oxygen atoms in total. The van der Waals surface area contributed by atoms with E-state index in [1.165, 1.54) is 0 Å². The van der Waals surface area contributed by atoms with Crippen LogP contribution in [0.2, 0.25) is 5.02 Å². The molecule has 1 aliphatic rings. The predicted molar refractivity (Wildman–Crippen MR) is 103 cm³/mol. The van der Waals surface area contributed by atoms with Crippen molar-refractivity contribution in [2.45, 2.75) is 26.4 Å². The van der Waals surface area contributed by atoms with Crippen molar-refractivity contribution in [2.24, 2.45) is 5.92 Å². The van der Waals surface area contributed by atoms with Gasteiger partial charge in [-0.2, -0.15) is 0 Å². The number of halogens is 1. The molecule has 1 fully saturated rings. The fourth-order valence-corrected chi connectivity index (χ4v) is 3.30. The average Bonchev–Trinajstić information content (AvgIpc) is 2.67. The number of likely N-dealkylation sites (tertiary alicyclic amines) is 1. The molecule has 2 aromatic rings. The monoisotopic (exact) mass is 373 g/mol. The van der Waals surface area contributed by atoms with E-state index in [1.54, 1.807) is 19.2 Å². The van der Waals surface area contributed by atoms with Crippen molar-refractivity contribution < 1.29 is 14.3 Å². The predicted octanol–water partition coefficient (Wildman–Crippen LogP) is 4.80. The standard InChI is InChI=1S/C21H24ClNO3/c1-15-9-11-23(12-10-15)21(24)16-7-8-17(20(13-16)25-2)14-26-19-6-4-3-5-18(19)22/h3-8,13,15H,9-12,14H2,1-2H3. The number of hydrogen-bond acceptors (Lipinski definition) is 3. The molecule has 0 unspecified atom stereocenters. The molecule has 26 heavy (non-hydrogen) atoms. The van der Waals surface area contributed by atoms with Crippen LogP contribution in [0.4, 0.5) is 0 Å². The maximum absolute atomic E-state index is 12.7. The van der Waals surface area contributed by atoms with Gasteiger partial charge in [0.25, 0.3) is 5.91 Å². The minimum atomic E-state index is 0.0637. The highest BCUT2D eigenvalue weighted by molar-refractivity contribution is 6.32. The van der Waals surface area contributed by atoms with Crippen molar-refractivity contribution in [3.8, 4) is 11.5 Å². The Bertz CT molecular complexity index is 770. The van der Waals surface area contributed by atoms with E-state index in [1.807, 2.05) is 35.2 Å². The van der Waals surface area contributed by atoms with E-state index >= 15 is 0 Å². The van der Waals surface area contributed by atoms with Crippen LogP contribution in [0.25, 0.3) is 0 Å². The van der Waals surface area contributed by atoms with Gasteiger partial charge in [-0.25, -0.2) is 0 Å². The van der Waals surface area contributed by atoms with Crippen molar-refractivity contribution in [1.82, 2.24) is 4.90 Å². The lowest BCUT2D eigenvalue weighted by Gasteiger charge is -2.30. The summed E-state index contributed by atoms with van der Waals surface area (Å²) in [5.41, 5.74) is 1.52. The number of carbonyl (C=O) groups is 1. The summed E-state index contributed by atoms with van der Waals surface area (Å²) < 4.78 is 11.3. The molecule has 138 valence electrons. The van der Waals surface area contributed by atoms with Gasteiger partial charge in [0, 0.05) is 24.2 Å². The molecule has 3 rings (SSSR count). The van der Waals surface area contributed by atoms with Gasteiger partial charge in [0.2, 0.25) is 0 Å². The molecule has 2 aromatic carbocycles. The van der Waals surface area contributed by atoms with E-state index in [-0.39, 0.29) is 5.91 Å². The van der Waals surface area contributed by atoms with Gasteiger partial charge in [-0.15, -0.1) is 0 Å². The minimum Gasteiger partial charge on any atom is -0.496 e. The molecule has 0 N–H and O–H groups in total. The van der Waals surface area contributed by atoms with E-state index in [0.29, 0.717) is 34.6 Å². The van der Waals surface area contributed by atoms with Crippen LogP contribution in [-0.4, -0.2) is 31.0 Å². The number of benzene rings is 2. The van der Waals surface area contributed by atoms with Gasteiger partial charge in [0.1, 0.15) is 18.1 Å². The maximum atomic E-state index is 12.7. The summed E-state index contributed by atoms with van der Waals surface area (Å²) in [6.45, 7) is 4.20. The van der Waals surface area contributed by atoms with E-state index in [4.69, 9.17) is 21.1 Å². The summed E-state index contributed by atoms with van der Waals surface area (Å²) >= 11 is 6.12. The van der Waals surface area contributed by atoms with Gasteiger partial charge >= 0.3 is 0 Å². The number of rotatable bonds is 5. The molecule has 0 spiro atoms. The smallest absolute Gasteiger partial charge is 0.253 e. The van der Waals surface area contributed by atoms with Crippen LogP contribution < -0.4 is 9.47 Å². The van der Waals surface area contributed by atoms with Crippen molar-refractivity contribution in [2.75, 3.05) is 20.2 Å². The van der Waals surface area contributed by atoms with Gasteiger partial charge in [-0.05, 0) is 43.0 Å². The number of nitrogens with zero attached hydrogens (tertiary/aromatic N) is 1. The van der Waals surface area contributed by atoms with Gasteiger partial charge < -0.3 is 14.4 Å². The van der Waals surface area contributed by atoms with Crippen LogP contribution in [0.1, 0.15) is 35.7 Å². The van der Waals surface area contributed by atoms with Crippen LogP contribution in [-0.2, 0) is 6.61 Å². The van der Waals surface area contributed by atoms with Crippen LogP contribution in [0.15, 0.2) is 42.5 Å². The number of amides is 1. The second kappa shape index (κ2) is 8.45. The molecule has 0 saturated carbocycles. The molecule has 1 heterocycles. The first-order valence-corrected chi connectivity index (χ1v) is 9.30. The van der Waals surface area contributed by atoms with Crippen LogP contribution >= 0.6 is 11.6 Å². The number of hydrogen-bond donors (Lipinski definition) is 0. The second-order valence-corrected chi connectivity index (χ2v) is 7.13. The highest BCUT2D eigenvalue weighted by Crippen LogP contribution is 2.27. The number of para-hydroxylation sites is 1. The van der Waals surface area contributed by atoms with Crippen LogP contribution in [0, 0.1) is 5.92 Å². The summed E-state index contributed by atoms with van der Waals surface area (Å²) in [6, 6.07) is 12.9. The molecule has 0 bridgehead atoms. The zero-order valence-electron chi connectivity index (χ0n) is 15.2. The zero-order chi connectivity index (χ0) is 18.5. The first-order valence-electron chi connectivity index (χ1n) is 8.92. The van der Waals surface area contributed by atoms with E-state index in [9.17, 15) is 4.79 Å². The lowest BCUT2D eigenvalue weighted by molar-refractivity contribution is 0.0697. The van der Waals surface area contributed by atoms with E-state index in [0.717, 1.165) is 31.5 Å². The Morgan fingerprint density at radius 3 is 2.58 bits per heavy atom. The molecular weight excluding hydrogens is 350 g/mol. The molecule has 1 saturated heterocycles. The summed E-state index contributed by atoms with van der Waals surface area (Å²) in [4.78, 5) is 14.7. The van der Waals surface area contributed by atoms with Crippen molar-refractivity contribution in [3.05, 3.63) is 58.6 Å². The van der Waals surface area contributed by atoms with E-state index < -0.39 is 0 Å². The Kier molecular flexibility index (Phi) is 6.04. The quantitative estimate of drug-likeness (QED) is 0.755. The number of methoxy groups -OCH3 is 1. The third kappa shape index (κ3) is 4.31. The molecular formula is C21H24ClNO3. The lowest BCUT2D eigenvalue weighted by Crippen LogP contribution is -2.37. The fraction of sp³-hybridized carbons (Fsp3) is 0.381. The fourth-order valence-electron chi connectivity index (χ4n) is 3.11. The summed E-state index contributed by atoms with van der Waals surface area (Å²) in [5, 5.41) is 0.567. The zero-order valence-corrected chi connectivity index (χ0v) is 16.0. The number of piperidine rings is 1. The molecule has 5 heteroatoms. The maximum Gasteiger partial charge on any atom is 0.253 e. The third-order valence-electron chi connectivity index (χ3n) is 4.82. The minimum absolute atomic E-state index is 0.0637. The molecule has 0 aliphatic carbocycles.